The Bertz CT molecular complexity index is 713. The number of carbonyl (C=O) groups excluding carboxylic acids is 1. The lowest BCUT2D eigenvalue weighted by Crippen LogP contribution is -2.45. The number of hydrogen-bond acceptors (Lipinski definition) is 4. The summed E-state index contributed by atoms with van der Waals surface area (Å²) in [7, 11) is 0. The first-order valence-electron chi connectivity index (χ1n) is 9.21. The summed E-state index contributed by atoms with van der Waals surface area (Å²) in [4.78, 5) is 14.6. The summed E-state index contributed by atoms with van der Waals surface area (Å²) in [6.07, 6.45) is 1.90. The Balaban J connectivity index is 1.42. The van der Waals surface area contributed by atoms with E-state index >= 15 is 0 Å². The number of amides is 2. The summed E-state index contributed by atoms with van der Waals surface area (Å²) in [5, 5.41) is 9.73. The lowest BCUT2D eigenvalue weighted by molar-refractivity contribution is 0.190. The third-order valence-electron chi connectivity index (χ3n) is 4.66. The Hall–Kier alpha value is -2.34. The molecule has 0 spiro atoms. The maximum atomic E-state index is 12.2. The molecule has 1 saturated heterocycles. The SMILES string of the molecule is CC(C)(C)c1cc(NC(=O)NC2CCN(Cc3ccccc3)CC2)no1. The molecule has 1 aromatic carbocycles. The van der Waals surface area contributed by atoms with Gasteiger partial charge >= 0.3 is 6.03 Å². The first-order chi connectivity index (χ1) is 12.4. The van der Waals surface area contributed by atoms with Gasteiger partial charge in [0.05, 0.1) is 0 Å². The third kappa shape index (κ3) is 5.08. The number of anilines is 1. The van der Waals surface area contributed by atoms with Crippen LogP contribution in [-0.2, 0) is 12.0 Å². The van der Waals surface area contributed by atoms with E-state index in [1.165, 1.54) is 5.56 Å². The molecule has 0 bridgehead atoms. The Labute approximate surface area is 154 Å². The molecule has 26 heavy (non-hydrogen) atoms. The van der Waals surface area contributed by atoms with Gasteiger partial charge in [-0.2, -0.15) is 0 Å². The number of benzene rings is 1. The molecule has 1 fully saturated rings. The second-order valence-electron chi connectivity index (χ2n) is 7.96. The lowest BCUT2D eigenvalue weighted by atomic mass is 9.93. The molecule has 6 heteroatoms. The molecule has 0 unspecified atom stereocenters. The minimum Gasteiger partial charge on any atom is -0.359 e. The van der Waals surface area contributed by atoms with E-state index in [2.05, 4.69) is 45.0 Å². The fraction of sp³-hybridized carbons (Fsp3) is 0.500. The van der Waals surface area contributed by atoms with E-state index in [4.69, 9.17) is 4.52 Å². The average Bonchev–Trinajstić information content (AvgIpc) is 3.06. The summed E-state index contributed by atoms with van der Waals surface area (Å²) in [5.41, 5.74) is 1.20. The molecule has 1 aliphatic heterocycles. The van der Waals surface area contributed by atoms with Gasteiger partial charge in [0, 0.05) is 37.2 Å². The Morgan fingerprint density at radius 3 is 2.54 bits per heavy atom. The van der Waals surface area contributed by atoms with Crippen LogP contribution in [0.4, 0.5) is 10.6 Å². The summed E-state index contributed by atoms with van der Waals surface area (Å²) < 4.78 is 5.29. The molecule has 1 aromatic heterocycles. The van der Waals surface area contributed by atoms with Gasteiger partial charge in [-0.25, -0.2) is 4.79 Å². The van der Waals surface area contributed by atoms with Gasteiger partial charge in [0.25, 0.3) is 0 Å². The second kappa shape index (κ2) is 7.91. The number of aromatic nitrogens is 1. The molecule has 6 nitrogen and oxygen atoms in total. The average molecular weight is 356 g/mol. The highest BCUT2D eigenvalue weighted by Crippen LogP contribution is 2.24. The molecule has 1 aliphatic rings. The number of carbonyl (C=O) groups is 1. The van der Waals surface area contributed by atoms with Crippen LogP contribution in [0.15, 0.2) is 40.9 Å². The van der Waals surface area contributed by atoms with Crippen molar-refractivity contribution in [2.24, 2.45) is 0 Å². The van der Waals surface area contributed by atoms with Gasteiger partial charge in [-0.1, -0.05) is 56.3 Å². The third-order valence-corrected chi connectivity index (χ3v) is 4.66. The fourth-order valence-corrected chi connectivity index (χ4v) is 3.10. The quantitative estimate of drug-likeness (QED) is 0.875. The molecular formula is C20H28N4O2. The van der Waals surface area contributed by atoms with Gasteiger partial charge in [0.15, 0.2) is 5.82 Å². The van der Waals surface area contributed by atoms with Crippen LogP contribution in [0.3, 0.4) is 0 Å². The van der Waals surface area contributed by atoms with Crippen molar-refractivity contribution in [2.75, 3.05) is 18.4 Å². The van der Waals surface area contributed by atoms with Gasteiger partial charge < -0.3 is 9.84 Å². The summed E-state index contributed by atoms with van der Waals surface area (Å²) in [6.45, 7) is 9.06. The predicted octanol–water partition coefficient (Wildman–Crippen LogP) is 3.76. The van der Waals surface area contributed by atoms with Crippen molar-refractivity contribution in [1.29, 1.82) is 0 Å². The van der Waals surface area contributed by atoms with Gasteiger partial charge in [-0.3, -0.25) is 10.2 Å². The summed E-state index contributed by atoms with van der Waals surface area (Å²) in [6, 6.07) is 12.2. The van der Waals surface area contributed by atoms with E-state index in [1.54, 1.807) is 6.07 Å². The van der Waals surface area contributed by atoms with Gasteiger partial charge in [-0.15, -0.1) is 0 Å². The maximum Gasteiger partial charge on any atom is 0.320 e. The molecule has 0 radical (unpaired) electrons. The molecule has 140 valence electrons. The Morgan fingerprint density at radius 2 is 1.92 bits per heavy atom. The minimum absolute atomic E-state index is 0.130. The largest absolute Gasteiger partial charge is 0.359 e. The van der Waals surface area contributed by atoms with Crippen LogP contribution < -0.4 is 10.6 Å². The first-order valence-corrected chi connectivity index (χ1v) is 9.21. The second-order valence-corrected chi connectivity index (χ2v) is 7.96. The molecule has 2 N–H and O–H groups in total. The van der Waals surface area contributed by atoms with Crippen LogP contribution in [0, 0.1) is 0 Å². The zero-order valence-electron chi connectivity index (χ0n) is 15.8. The van der Waals surface area contributed by atoms with E-state index in [-0.39, 0.29) is 17.5 Å². The summed E-state index contributed by atoms with van der Waals surface area (Å²) in [5.74, 6) is 1.20. The first kappa shape index (κ1) is 18.5. The van der Waals surface area contributed by atoms with E-state index in [9.17, 15) is 4.79 Å². The van der Waals surface area contributed by atoms with Crippen LogP contribution in [0.5, 0.6) is 0 Å². The van der Waals surface area contributed by atoms with Crippen LogP contribution in [0.1, 0.15) is 44.9 Å². The highest BCUT2D eigenvalue weighted by Gasteiger charge is 2.23. The number of piperidine rings is 1. The van der Waals surface area contributed by atoms with Crippen molar-refractivity contribution >= 4 is 11.8 Å². The fourth-order valence-electron chi connectivity index (χ4n) is 3.10. The van der Waals surface area contributed by atoms with Crippen LogP contribution in [0.2, 0.25) is 0 Å². The number of rotatable bonds is 4. The van der Waals surface area contributed by atoms with Crippen LogP contribution in [0.25, 0.3) is 0 Å². The van der Waals surface area contributed by atoms with Gasteiger partial charge in [-0.05, 0) is 18.4 Å². The summed E-state index contributed by atoms with van der Waals surface area (Å²) >= 11 is 0. The van der Waals surface area contributed by atoms with Gasteiger partial charge in [0.1, 0.15) is 5.76 Å². The smallest absolute Gasteiger partial charge is 0.320 e. The molecule has 0 aliphatic carbocycles. The number of nitrogens with one attached hydrogen (secondary N) is 2. The maximum absolute atomic E-state index is 12.2. The highest BCUT2D eigenvalue weighted by molar-refractivity contribution is 5.88. The molecule has 2 amide bonds. The molecule has 0 atom stereocenters. The van der Waals surface area contributed by atoms with E-state index in [1.807, 2.05) is 26.8 Å². The number of hydrogen-bond donors (Lipinski definition) is 2. The predicted molar refractivity (Wildman–Crippen MR) is 102 cm³/mol. The minimum atomic E-state index is -0.222. The number of nitrogens with zero attached hydrogens (tertiary/aromatic N) is 2. The van der Waals surface area contributed by atoms with E-state index in [0.717, 1.165) is 38.2 Å². The standard InChI is InChI=1S/C20H28N4O2/c1-20(2,3)17-13-18(23-26-17)22-19(25)21-16-9-11-24(12-10-16)14-15-7-5-4-6-8-15/h4-8,13,16H,9-12,14H2,1-3H3,(H2,21,22,23,25). The lowest BCUT2D eigenvalue weighted by Gasteiger charge is -2.32. The van der Waals surface area contributed by atoms with Gasteiger partial charge in [0.2, 0.25) is 0 Å². The van der Waals surface area contributed by atoms with Crippen LogP contribution >= 0.6 is 0 Å². The number of likely N-dealkylation sites (tertiary alicyclic amines) is 1. The molecular weight excluding hydrogens is 328 g/mol. The molecule has 2 heterocycles. The van der Waals surface area contributed by atoms with Crippen molar-refractivity contribution in [3.8, 4) is 0 Å². The normalized spacial score (nSPS) is 16.4. The monoisotopic (exact) mass is 356 g/mol. The van der Waals surface area contributed by atoms with Crippen molar-refractivity contribution in [1.82, 2.24) is 15.4 Å². The molecule has 3 rings (SSSR count). The van der Waals surface area contributed by atoms with Crippen molar-refractivity contribution < 1.29 is 9.32 Å². The molecule has 0 saturated carbocycles. The molecule has 2 aromatic rings. The Morgan fingerprint density at radius 1 is 1.23 bits per heavy atom. The zero-order chi connectivity index (χ0) is 18.6. The Kier molecular flexibility index (Phi) is 5.61. The van der Waals surface area contributed by atoms with E-state index < -0.39 is 0 Å². The van der Waals surface area contributed by atoms with Crippen molar-refractivity contribution in [3.63, 3.8) is 0 Å². The van der Waals surface area contributed by atoms with Crippen molar-refractivity contribution in [2.45, 2.75) is 51.6 Å². The highest BCUT2D eigenvalue weighted by atomic mass is 16.5. The topological polar surface area (TPSA) is 70.4 Å². The zero-order valence-corrected chi connectivity index (χ0v) is 15.8. The van der Waals surface area contributed by atoms with E-state index in [0.29, 0.717) is 5.82 Å². The van der Waals surface area contributed by atoms with Crippen LogP contribution in [-0.4, -0.2) is 35.2 Å². The number of urea groups is 1. The van der Waals surface area contributed by atoms with Crippen molar-refractivity contribution in [3.05, 3.63) is 47.7 Å².